The van der Waals surface area contributed by atoms with Crippen LogP contribution >= 0.6 is 0 Å². The van der Waals surface area contributed by atoms with E-state index in [9.17, 15) is 9.59 Å². The Morgan fingerprint density at radius 3 is 2.80 bits per heavy atom. The Morgan fingerprint density at radius 1 is 1.35 bits per heavy atom. The number of nitrogens with zero attached hydrogens (tertiary/aromatic N) is 1. The summed E-state index contributed by atoms with van der Waals surface area (Å²) in [7, 11) is 0. The van der Waals surface area contributed by atoms with Crippen molar-refractivity contribution in [2.45, 2.75) is 33.1 Å². The zero-order valence-electron chi connectivity index (χ0n) is 12.1. The van der Waals surface area contributed by atoms with Crippen LogP contribution in [0.15, 0.2) is 18.2 Å². The molecule has 1 saturated heterocycles. The first kappa shape index (κ1) is 14.6. The highest BCUT2D eigenvalue weighted by molar-refractivity contribution is 5.96. The van der Waals surface area contributed by atoms with Crippen LogP contribution in [0.1, 0.15) is 40.7 Å². The van der Waals surface area contributed by atoms with E-state index in [-0.39, 0.29) is 12.3 Å². The first-order valence-electron chi connectivity index (χ1n) is 7.06. The number of carboxylic acid groups (broad SMARTS) is 1. The van der Waals surface area contributed by atoms with Gasteiger partial charge in [0.1, 0.15) is 0 Å². The molecule has 1 aromatic carbocycles. The fraction of sp³-hybridized carbons (Fsp3) is 0.500. The molecule has 1 aliphatic rings. The SMILES string of the molecule is Cc1cccc(C(=O)N2CCC(CCC(=O)O)C2)c1C. The first-order chi connectivity index (χ1) is 9.49. The van der Waals surface area contributed by atoms with E-state index in [1.165, 1.54) is 0 Å². The monoisotopic (exact) mass is 275 g/mol. The normalized spacial score (nSPS) is 18.3. The summed E-state index contributed by atoms with van der Waals surface area (Å²) in [5, 5.41) is 8.71. The fourth-order valence-electron chi connectivity index (χ4n) is 2.73. The summed E-state index contributed by atoms with van der Waals surface area (Å²) >= 11 is 0. The zero-order chi connectivity index (χ0) is 14.7. The van der Waals surface area contributed by atoms with Crippen molar-refractivity contribution < 1.29 is 14.7 Å². The summed E-state index contributed by atoms with van der Waals surface area (Å²) in [6.07, 6.45) is 1.76. The molecule has 1 amide bonds. The molecule has 1 aromatic rings. The van der Waals surface area contributed by atoms with Crippen molar-refractivity contribution in [1.82, 2.24) is 4.90 Å². The minimum atomic E-state index is -0.760. The molecule has 0 saturated carbocycles. The number of benzene rings is 1. The van der Waals surface area contributed by atoms with Crippen LogP contribution in [0.25, 0.3) is 0 Å². The number of carbonyl (C=O) groups excluding carboxylic acids is 1. The molecule has 1 fully saturated rings. The van der Waals surface area contributed by atoms with Crippen molar-refractivity contribution in [3.05, 3.63) is 34.9 Å². The highest BCUT2D eigenvalue weighted by Crippen LogP contribution is 2.24. The van der Waals surface area contributed by atoms with E-state index in [1.807, 2.05) is 36.9 Å². The molecule has 0 radical (unpaired) electrons. The number of aliphatic carboxylic acids is 1. The van der Waals surface area contributed by atoms with Crippen LogP contribution < -0.4 is 0 Å². The highest BCUT2D eigenvalue weighted by atomic mass is 16.4. The van der Waals surface area contributed by atoms with Gasteiger partial charge in [-0.2, -0.15) is 0 Å². The third-order valence-electron chi connectivity index (χ3n) is 4.17. The lowest BCUT2D eigenvalue weighted by Gasteiger charge is -2.18. The van der Waals surface area contributed by atoms with Gasteiger partial charge in [0, 0.05) is 25.1 Å². The summed E-state index contributed by atoms with van der Waals surface area (Å²) in [6.45, 7) is 5.39. The Labute approximate surface area is 119 Å². The van der Waals surface area contributed by atoms with Crippen molar-refractivity contribution in [1.29, 1.82) is 0 Å². The van der Waals surface area contributed by atoms with Crippen LogP contribution in [-0.4, -0.2) is 35.0 Å². The van der Waals surface area contributed by atoms with Gasteiger partial charge in [-0.15, -0.1) is 0 Å². The van der Waals surface area contributed by atoms with E-state index < -0.39 is 5.97 Å². The van der Waals surface area contributed by atoms with Crippen molar-refractivity contribution in [2.24, 2.45) is 5.92 Å². The topological polar surface area (TPSA) is 57.6 Å². The molecule has 1 N–H and O–H groups in total. The van der Waals surface area contributed by atoms with Crippen LogP contribution in [0.5, 0.6) is 0 Å². The Morgan fingerprint density at radius 2 is 2.10 bits per heavy atom. The molecule has 1 aliphatic heterocycles. The maximum absolute atomic E-state index is 12.5. The van der Waals surface area contributed by atoms with Gasteiger partial charge in [-0.25, -0.2) is 0 Å². The number of hydrogen-bond acceptors (Lipinski definition) is 2. The Bertz CT molecular complexity index is 524. The van der Waals surface area contributed by atoms with Gasteiger partial charge in [-0.05, 0) is 49.8 Å². The third-order valence-corrected chi connectivity index (χ3v) is 4.17. The summed E-state index contributed by atoms with van der Waals surface area (Å²) in [6, 6.07) is 5.79. The molecular formula is C16H21NO3. The standard InChI is InChI=1S/C16H21NO3/c1-11-4-3-5-14(12(11)2)16(20)17-9-8-13(10-17)6-7-15(18)19/h3-5,13H,6-10H2,1-2H3,(H,18,19). The molecule has 20 heavy (non-hydrogen) atoms. The largest absolute Gasteiger partial charge is 0.481 e. The number of carbonyl (C=O) groups is 2. The Kier molecular flexibility index (Phi) is 4.42. The minimum Gasteiger partial charge on any atom is -0.481 e. The molecule has 108 valence electrons. The van der Waals surface area contributed by atoms with Crippen LogP contribution in [0.2, 0.25) is 0 Å². The maximum Gasteiger partial charge on any atom is 0.303 e. The second kappa shape index (κ2) is 6.07. The van der Waals surface area contributed by atoms with Gasteiger partial charge in [0.05, 0.1) is 0 Å². The number of hydrogen-bond donors (Lipinski definition) is 1. The van der Waals surface area contributed by atoms with Crippen LogP contribution in [0.4, 0.5) is 0 Å². The van der Waals surface area contributed by atoms with Crippen LogP contribution in [0, 0.1) is 19.8 Å². The van der Waals surface area contributed by atoms with Gasteiger partial charge in [0.15, 0.2) is 0 Å². The van der Waals surface area contributed by atoms with Crippen molar-refractivity contribution >= 4 is 11.9 Å². The molecule has 1 atom stereocenters. The smallest absolute Gasteiger partial charge is 0.303 e. The van der Waals surface area contributed by atoms with Gasteiger partial charge < -0.3 is 10.0 Å². The van der Waals surface area contributed by atoms with Crippen molar-refractivity contribution in [3.63, 3.8) is 0 Å². The molecule has 1 heterocycles. The van der Waals surface area contributed by atoms with E-state index in [2.05, 4.69) is 0 Å². The summed E-state index contributed by atoms with van der Waals surface area (Å²) < 4.78 is 0. The van der Waals surface area contributed by atoms with Gasteiger partial charge in [0.25, 0.3) is 5.91 Å². The Hall–Kier alpha value is -1.84. The van der Waals surface area contributed by atoms with E-state index in [0.29, 0.717) is 18.9 Å². The lowest BCUT2D eigenvalue weighted by Crippen LogP contribution is -2.29. The van der Waals surface area contributed by atoms with Crippen LogP contribution in [0.3, 0.4) is 0 Å². The minimum absolute atomic E-state index is 0.0732. The molecule has 0 aromatic heterocycles. The molecule has 4 heteroatoms. The highest BCUT2D eigenvalue weighted by Gasteiger charge is 2.27. The quantitative estimate of drug-likeness (QED) is 0.919. The number of likely N-dealkylation sites (tertiary alicyclic amines) is 1. The lowest BCUT2D eigenvalue weighted by molar-refractivity contribution is -0.137. The number of amides is 1. The molecule has 1 unspecified atom stereocenters. The molecular weight excluding hydrogens is 254 g/mol. The molecule has 0 bridgehead atoms. The number of carboxylic acids is 1. The average molecular weight is 275 g/mol. The van der Waals surface area contributed by atoms with E-state index in [4.69, 9.17) is 5.11 Å². The average Bonchev–Trinajstić information content (AvgIpc) is 2.87. The fourth-order valence-corrected chi connectivity index (χ4v) is 2.73. The number of rotatable bonds is 4. The third kappa shape index (κ3) is 3.18. The second-order valence-corrected chi connectivity index (χ2v) is 5.59. The first-order valence-corrected chi connectivity index (χ1v) is 7.06. The van der Waals surface area contributed by atoms with Crippen molar-refractivity contribution in [2.75, 3.05) is 13.1 Å². The van der Waals surface area contributed by atoms with E-state index in [1.54, 1.807) is 0 Å². The second-order valence-electron chi connectivity index (χ2n) is 5.59. The molecule has 4 nitrogen and oxygen atoms in total. The van der Waals surface area contributed by atoms with Gasteiger partial charge >= 0.3 is 5.97 Å². The summed E-state index contributed by atoms with van der Waals surface area (Å²) in [4.78, 5) is 25.0. The zero-order valence-corrected chi connectivity index (χ0v) is 12.1. The summed E-state index contributed by atoms with van der Waals surface area (Å²) in [5.41, 5.74) is 2.92. The predicted octanol–water partition coefficient (Wildman–Crippen LogP) is 2.63. The van der Waals surface area contributed by atoms with Crippen molar-refractivity contribution in [3.8, 4) is 0 Å². The molecule has 2 rings (SSSR count). The van der Waals surface area contributed by atoms with Gasteiger partial charge in [-0.3, -0.25) is 9.59 Å². The Balaban J connectivity index is 2.01. The predicted molar refractivity (Wildman–Crippen MR) is 76.8 cm³/mol. The number of aryl methyl sites for hydroxylation is 1. The van der Waals surface area contributed by atoms with Crippen LogP contribution in [-0.2, 0) is 4.79 Å². The molecule has 0 aliphatic carbocycles. The van der Waals surface area contributed by atoms with Gasteiger partial charge in [-0.1, -0.05) is 12.1 Å². The van der Waals surface area contributed by atoms with Gasteiger partial charge in [0.2, 0.25) is 0 Å². The molecule has 0 spiro atoms. The van der Waals surface area contributed by atoms with E-state index >= 15 is 0 Å². The summed E-state index contributed by atoms with van der Waals surface area (Å²) in [5.74, 6) is -0.367. The van der Waals surface area contributed by atoms with E-state index in [0.717, 1.165) is 29.7 Å². The lowest BCUT2D eigenvalue weighted by atomic mass is 10.0. The maximum atomic E-state index is 12.5.